The summed E-state index contributed by atoms with van der Waals surface area (Å²) in [6.45, 7) is 7.31. The summed E-state index contributed by atoms with van der Waals surface area (Å²) in [5.74, 6) is 3.30. The fourth-order valence-electron chi connectivity index (χ4n) is 6.33. The van der Waals surface area contributed by atoms with Crippen LogP contribution in [0.2, 0.25) is 5.02 Å². The zero-order chi connectivity index (χ0) is 25.7. The third kappa shape index (κ3) is 6.66. The quantitative estimate of drug-likeness (QED) is 0.403. The minimum atomic E-state index is 0.0560. The predicted molar refractivity (Wildman–Crippen MR) is 159 cm³/mol. The molecular weight excluding hydrogens is 500 g/mol. The van der Waals surface area contributed by atoms with Gasteiger partial charge in [0.2, 0.25) is 5.95 Å². The van der Waals surface area contributed by atoms with Crippen LogP contribution in [0.1, 0.15) is 76.7 Å². The van der Waals surface area contributed by atoms with Gasteiger partial charge < -0.3 is 20.4 Å². The van der Waals surface area contributed by atoms with Gasteiger partial charge in [0.25, 0.3) is 0 Å². The fourth-order valence-corrected chi connectivity index (χ4v) is 6.69. The van der Waals surface area contributed by atoms with Crippen molar-refractivity contribution in [3.8, 4) is 0 Å². The molecule has 1 unspecified atom stereocenters. The molecule has 37 heavy (non-hydrogen) atoms. The smallest absolute Gasteiger partial charge is 0.232 e. The van der Waals surface area contributed by atoms with Gasteiger partial charge in [0, 0.05) is 49.2 Å². The van der Waals surface area contributed by atoms with Crippen LogP contribution >= 0.6 is 23.8 Å². The lowest BCUT2D eigenvalue weighted by atomic mass is 9.79. The topological polar surface area (TPSA) is 56.3 Å². The molecule has 0 radical (unpaired) electrons. The first kappa shape index (κ1) is 26.5. The van der Waals surface area contributed by atoms with Crippen LogP contribution in [0.25, 0.3) is 0 Å². The Labute approximate surface area is 232 Å². The van der Waals surface area contributed by atoms with Gasteiger partial charge in [0.15, 0.2) is 5.11 Å². The molecule has 2 aromatic rings. The average Bonchev–Trinajstić information content (AvgIpc) is 3.22. The molecule has 1 aromatic heterocycles. The number of nitrogens with one attached hydrogen (secondary N) is 2. The molecule has 2 N–H and O–H groups in total. The zero-order valence-corrected chi connectivity index (χ0v) is 23.7. The highest BCUT2D eigenvalue weighted by Gasteiger charge is 2.36. The van der Waals surface area contributed by atoms with Gasteiger partial charge >= 0.3 is 0 Å². The second-order valence-electron chi connectivity index (χ2n) is 11.3. The van der Waals surface area contributed by atoms with Gasteiger partial charge in [-0.2, -0.15) is 9.97 Å². The van der Waals surface area contributed by atoms with E-state index >= 15 is 0 Å². The van der Waals surface area contributed by atoms with E-state index in [4.69, 9.17) is 33.8 Å². The number of thiocarbonyl (C=S) groups is 1. The number of hydrogen-bond donors (Lipinski definition) is 2. The van der Waals surface area contributed by atoms with E-state index in [2.05, 4.69) is 51.6 Å². The van der Waals surface area contributed by atoms with Crippen molar-refractivity contribution < 1.29 is 0 Å². The Bertz CT molecular complexity index is 1040. The normalized spacial score (nSPS) is 21.9. The Kier molecular flexibility index (Phi) is 8.71. The van der Waals surface area contributed by atoms with Crippen LogP contribution in [0.3, 0.4) is 0 Å². The van der Waals surface area contributed by atoms with Crippen molar-refractivity contribution >= 4 is 46.5 Å². The molecule has 1 atom stereocenters. The number of anilines is 3. The highest BCUT2D eigenvalue weighted by molar-refractivity contribution is 7.80. The summed E-state index contributed by atoms with van der Waals surface area (Å²) >= 11 is 12.1. The summed E-state index contributed by atoms with van der Waals surface area (Å²) in [5.41, 5.74) is 1.36. The van der Waals surface area contributed by atoms with E-state index in [1.807, 2.05) is 6.07 Å². The maximum Gasteiger partial charge on any atom is 0.232 e. The van der Waals surface area contributed by atoms with E-state index in [-0.39, 0.29) is 5.41 Å². The average molecular weight is 541 g/mol. The molecule has 0 amide bonds. The third-order valence-electron chi connectivity index (χ3n) is 8.42. The Morgan fingerprint density at radius 3 is 2.38 bits per heavy atom. The molecule has 3 aliphatic rings. The van der Waals surface area contributed by atoms with Crippen LogP contribution in [0.5, 0.6) is 0 Å². The van der Waals surface area contributed by atoms with Gasteiger partial charge in [-0.15, -0.1) is 0 Å². The minimum absolute atomic E-state index is 0.0560. The minimum Gasteiger partial charge on any atom is -0.361 e. The molecule has 2 saturated heterocycles. The van der Waals surface area contributed by atoms with E-state index in [9.17, 15) is 0 Å². The Morgan fingerprint density at radius 1 is 0.973 bits per heavy atom. The molecule has 3 fully saturated rings. The number of halogens is 1. The SMILES string of the molecule is CC1CCCN(c2cc(N3CCCCCC3)nc(NC(=S)NCC3(c4cccc(Cl)c4)CCCC3)n2)C1. The van der Waals surface area contributed by atoms with Crippen molar-refractivity contribution in [2.24, 2.45) is 5.92 Å². The summed E-state index contributed by atoms with van der Waals surface area (Å²) in [4.78, 5) is 14.8. The van der Waals surface area contributed by atoms with E-state index in [1.165, 1.54) is 56.9 Å². The maximum atomic E-state index is 6.35. The number of benzene rings is 1. The van der Waals surface area contributed by atoms with Crippen LogP contribution in [0.4, 0.5) is 17.6 Å². The second-order valence-corrected chi connectivity index (χ2v) is 12.2. The molecule has 3 heterocycles. The first-order chi connectivity index (χ1) is 18.0. The number of nitrogens with zero attached hydrogens (tertiary/aromatic N) is 4. The van der Waals surface area contributed by atoms with Crippen LogP contribution in [0.15, 0.2) is 30.3 Å². The van der Waals surface area contributed by atoms with Crippen molar-refractivity contribution in [3.63, 3.8) is 0 Å². The fraction of sp³-hybridized carbons (Fsp3) is 0.621. The Balaban J connectivity index is 1.33. The molecule has 6 nitrogen and oxygen atoms in total. The number of hydrogen-bond acceptors (Lipinski definition) is 5. The zero-order valence-electron chi connectivity index (χ0n) is 22.1. The third-order valence-corrected chi connectivity index (χ3v) is 8.90. The molecule has 1 aliphatic carbocycles. The first-order valence-corrected chi connectivity index (χ1v) is 15.0. The van der Waals surface area contributed by atoms with Gasteiger partial charge in [-0.25, -0.2) is 0 Å². The molecular formula is C29H41ClN6S. The number of piperidine rings is 1. The maximum absolute atomic E-state index is 6.35. The first-order valence-electron chi connectivity index (χ1n) is 14.2. The van der Waals surface area contributed by atoms with Crippen molar-refractivity contribution in [1.29, 1.82) is 0 Å². The summed E-state index contributed by atoms with van der Waals surface area (Å²) in [7, 11) is 0. The van der Waals surface area contributed by atoms with Gasteiger partial charge in [-0.1, -0.05) is 56.3 Å². The van der Waals surface area contributed by atoms with Crippen molar-refractivity contribution in [3.05, 3.63) is 40.9 Å². The molecule has 200 valence electrons. The highest BCUT2D eigenvalue weighted by atomic mass is 35.5. The largest absolute Gasteiger partial charge is 0.361 e. The summed E-state index contributed by atoms with van der Waals surface area (Å²) in [5, 5.41) is 8.24. The van der Waals surface area contributed by atoms with Crippen LogP contribution in [-0.2, 0) is 5.41 Å². The lowest BCUT2D eigenvalue weighted by molar-refractivity contribution is 0.435. The Morgan fingerprint density at radius 2 is 1.68 bits per heavy atom. The van der Waals surface area contributed by atoms with E-state index < -0.39 is 0 Å². The highest BCUT2D eigenvalue weighted by Crippen LogP contribution is 2.41. The molecule has 8 heteroatoms. The van der Waals surface area contributed by atoms with E-state index in [0.717, 1.165) is 62.2 Å². The number of aromatic nitrogens is 2. The summed E-state index contributed by atoms with van der Waals surface area (Å²) < 4.78 is 0. The van der Waals surface area contributed by atoms with E-state index in [0.29, 0.717) is 17.0 Å². The summed E-state index contributed by atoms with van der Waals surface area (Å²) in [6.07, 6.45) is 12.3. The molecule has 5 rings (SSSR count). The standard InChI is InChI=1S/C29H41ClN6S/c1-22-10-9-17-36(20-22)26-19-25(35-15-6-2-3-7-16-35)32-27(33-26)34-28(37)31-21-29(13-4-5-14-29)23-11-8-12-24(30)18-23/h8,11-12,18-19,22H,2-7,9-10,13-17,20-21H2,1H3,(H2,31,32,33,34,37). The summed E-state index contributed by atoms with van der Waals surface area (Å²) in [6, 6.07) is 10.5. The van der Waals surface area contributed by atoms with Crippen molar-refractivity contribution in [2.45, 2.75) is 76.5 Å². The van der Waals surface area contributed by atoms with Gasteiger partial charge in [0.05, 0.1) is 0 Å². The van der Waals surface area contributed by atoms with Crippen molar-refractivity contribution in [1.82, 2.24) is 15.3 Å². The van der Waals surface area contributed by atoms with Crippen LogP contribution in [0, 0.1) is 5.92 Å². The second kappa shape index (κ2) is 12.2. The van der Waals surface area contributed by atoms with Crippen LogP contribution < -0.4 is 20.4 Å². The molecule has 1 saturated carbocycles. The lowest BCUT2D eigenvalue weighted by Crippen LogP contribution is -2.41. The van der Waals surface area contributed by atoms with E-state index in [1.54, 1.807) is 0 Å². The van der Waals surface area contributed by atoms with Gasteiger partial charge in [-0.05, 0) is 74.4 Å². The van der Waals surface area contributed by atoms with Gasteiger partial charge in [-0.3, -0.25) is 0 Å². The van der Waals surface area contributed by atoms with Crippen LogP contribution in [-0.4, -0.2) is 47.8 Å². The lowest BCUT2D eigenvalue weighted by Gasteiger charge is -2.33. The molecule has 0 bridgehead atoms. The monoisotopic (exact) mass is 540 g/mol. The van der Waals surface area contributed by atoms with Gasteiger partial charge in [0.1, 0.15) is 11.6 Å². The predicted octanol–water partition coefficient (Wildman–Crippen LogP) is 6.55. The Hall–Kier alpha value is -2.12. The molecule has 2 aliphatic heterocycles. The molecule has 1 aromatic carbocycles. The van der Waals surface area contributed by atoms with Crippen molar-refractivity contribution in [2.75, 3.05) is 47.8 Å². The molecule has 0 spiro atoms. The number of rotatable bonds is 6.